The lowest BCUT2D eigenvalue weighted by molar-refractivity contribution is 0.159. The molecule has 0 aliphatic rings. The van der Waals surface area contributed by atoms with E-state index in [0.29, 0.717) is 10.8 Å². The maximum atomic E-state index is 10.3. The zero-order chi connectivity index (χ0) is 15.5. The van der Waals surface area contributed by atoms with Gasteiger partial charge in [0.25, 0.3) is 0 Å². The van der Waals surface area contributed by atoms with Crippen LogP contribution in [0.25, 0.3) is 0 Å². The molecule has 1 N–H and O–H groups in total. The Morgan fingerprint density at radius 3 is 2.29 bits per heavy atom. The number of methoxy groups -OCH3 is 1. The van der Waals surface area contributed by atoms with Crippen LogP contribution in [-0.2, 0) is 0 Å². The highest BCUT2D eigenvalue weighted by Crippen LogP contribution is 2.31. The number of halogens is 1. The number of ether oxygens (including phenoxy) is 1. The first-order chi connectivity index (χ1) is 10.2. The second kappa shape index (κ2) is 10.9. The van der Waals surface area contributed by atoms with E-state index in [4.69, 9.17) is 16.3 Å². The van der Waals surface area contributed by atoms with Gasteiger partial charge >= 0.3 is 0 Å². The summed E-state index contributed by atoms with van der Waals surface area (Å²) in [6.45, 7) is 2.24. The van der Waals surface area contributed by atoms with E-state index in [1.807, 2.05) is 6.07 Å². The van der Waals surface area contributed by atoms with Crippen molar-refractivity contribution >= 4 is 11.6 Å². The van der Waals surface area contributed by atoms with Gasteiger partial charge in [0.05, 0.1) is 13.2 Å². The molecule has 0 aliphatic carbocycles. The van der Waals surface area contributed by atoms with E-state index in [0.717, 1.165) is 18.4 Å². The van der Waals surface area contributed by atoms with E-state index in [1.54, 1.807) is 19.2 Å². The third kappa shape index (κ3) is 7.19. The standard InChI is InChI=1S/C18H29ClO2/c1-3-4-5-6-7-8-9-10-11-17(20)16-13-12-15(19)14-18(16)21-2/h12-14,17,20H,3-11H2,1-2H3. The summed E-state index contributed by atoms with van der Waals surface area (Å²) in [5.74, 6) is 0.676. The average molecular weight is 313 g/mol. The molecule has 21 heavy (non-hydrogen) atoms. The van der Waals surface area contributed by atoms with E-state index in [1.165, 1.54) is 44.9 Å². The molecule has 1 aromatic rings. The number of hydrogen-bond donors (Lipinski definition) is 1. The van der Waals surface area contributed by atoms with Crippen LogP contribution in [0, 0.1) is 0 Å². The van der Waals surface area contributed by atoms with Gasteiger partial charge in [-0.25, -0.2) is 0 Å². The van der Waals surface area contributed by atoms with E-state index in [2.05, 4.69) is 6.92 Å². The van der Waals surface area contributed by atoms with Crippen molar-refractivity contribution in [1.29, 1.82) is 0 Å². The van der Waals surface area contributed by atoms with Crippen molar-refractivity contribution in [2.75, 3.05) is 7.11 Å². The molecule has 2 nitrogen and oxygen atoms in total. The molecule has 0 spiro atoms. The van der Waals surface area contributed by atoms with Crippen molar-refractivity contribution in [2.45, 2.75) is 70.8 Å². The Morgan fingerprint density at radius 2 is 1.67 bits per heavy atom. The summed E-state index contributed by atoms with van der Waals surface area (Å²) in [6, 6.07) is 5.42. The summed E-state index contributed by atoms with van der Waals surface area (Å²) in [7, 11) is 1.61. The molecule has 0 amide bonds. The highest BCUT2D eigenvalue weighted by molar-refractivity contribution is 6.30. The summed E-state index contributed by atoms with van der Waals surface area (Å²) < 4.78 is 5.29. The second-order valence-electron chi connectivity index (χ2n) is 5.67. The third-order valence-electron chi connectivity index (χ3n) is 3.89. The number of hydrogen-bond acceptors (Lipinski definition) is 2. The molecule has 0 saturated heterocycles. The lowest BCUT2D eigenvalue weighted by atomic mass is 10.0. The van der Waals surface area contributed by atoms with Crippen LogP contribution in [-0.4, -0.2) is 12.2 Å². The topological polar surface area (TPSA) is 29.5 Å². The summed E-state index contributed by atoms with van der Waals surface area (Å²) in [6.07, 6.45) is 10.5. The van der Waals surface area contributed by atoms with Gasteiger partial charge in [0.2, 0.25) is 0 Å². The van der Waals surface area contributed by atoms with Crippen LogP contribution in [0.3, 0.4) is 0 Å². The first kappa shape index (κ1) is 18.3. The van der Waals surface area contributed by atoms with Gasteiger partial charge in [0.15, 0.2) is 0 Å². The highest BCUT2D eigenvalue weighted by atomic mass is 35.5. The van der Waals surface area contributed by atoms with Gasteiger partial charge in [-0.05, 0) is 18.6 Å². The molecule has 1 unspecified atom stereocenters. The fourth-order valence-corrected chi connectivity index (χ4v) is 2.75. The molecular formula is C18H29ClO2. The number of unbranched alkanes of at least 4 members (excludes halogenated alkanes) is 7. The van der Waals surface area contributed by atoms with Crippen LogP contribution in [0.4, 0.5) is 0 Å². The first-order valence-corrected chi connectivity index (χ1v) is 8.58. The molecule has 0 aliphatic heterocycles. The summed E-state index contributed by atoms with van der Waals surface area (Å²) in [5, 5.41) is 10.9. The zero-order valence-corrected chi connectivity index (χ0v) is 14.2. The number of rotatable bonds is 11. The number of benzene rings is 1. The van der Waals surface area contributed by atoms with Crippen LogP contribution in [0.5, 0.6) is 5.75 Å². The van der Waals surface area contributed by atoms with Gasteiger partial charge in [-0.2, -0.15) is 0 Å². The minimum Gasteiger partial charge on any atom is -0.496 e. The molecule has 0 radical (unpaired) electrons. The summed E-state index contributed by atoms with van der Waals surface area (Å²) in [5.41, 5.74) is 0.838. The van der Waals surface area contributed by atoms with Gasteiger partial charge in [-0.1, -0.05) is 76.0 Å². The second-order valence-corrected chi connectivity index (χ2v) is 6.10. The molecule has 0 fully saturated rings. The smallest absolute Gasteiger partial charge is 0.126 e. The Balaban J connectivity index is 2.23. The molecule has 3 heteroatoms. The maximum absolute atomic E-state index is 10.3. The SMILES string of the molecule is CCCCCCCCCCC(O)c1ccc(Cl)cc1OC. The Bertz CT molecular complexity index is 393. The Hall–Kier alpha value is -0.730. The van der Waals surface area contributed by atoms with Crippen molar-refractivity contribution in [2.24, 2.45) is 0 Å². The van der Waals surface area contributed by atoms with Gasteiger partial charge < -0.3 is 9.84 Å². The minimum atomic E-state index is -0.461. The van der Waals surface area contributed by atoms with E-state index in [-0.39, 0.29) is 0 Å². The predicted molar refractivity (Wildman–Crippen MR) is 90.2 cm³/mol. The van der Waals surface area contributed by atoms with Crippen LogP contribution < -0.4 is 4.74 Å². The van der Waals surface area contributed by atoms with Gasteiger partial charge in [0.1, 0.15) is 5.75 Å². The predicted octanol–water partition coefficient (Wildman–Crippen LogP) is 5.91. The van der Waals surface area contributed by atoms with Crippen LogP contribution in [0.15, 0.2) is 18.2 Å². The van der Waals surface area contributed by atoms with E-state index in [9.17, 15) is 5.11 Å². The van der Waals surface area contributed by atoms with Crippen molar-refractivity contribution in [3.8, 4) is 5.75 Å². The largest absolute Gasteiger partial charge is 0.496 e. The normalized spacial score (nSPS) is 12.4. The molecular weight excluding hydrogens is 284 g/mol. The van der Waals surface area contributed by atoms with Crippen LogP contribution >= 0.6 is 11.6 Å². The molecule has 0 bridgehead atoms. The fraction of sp³-hybridized carbons (Fsp3) is 0.667. The van der Waals surface area contributed by atoms with Gasteiger partial charge in [0, 0.05) is 10.6 Å². The average Bonchev–Trinajstić information content (AvgIpc) is 2.49. The zero-order valence-electron chi connectivity index (χ0n) is 13.4. The van der Waals surface area contributed by atoms with Crippen molar-refractivity contribution in [1.82, 2.24) is 0 Å². The quantitative estimate of drug-likeness (QED) is 0.514. The highest BCUT2D eigenvalue weighted by Gasteiger charge is 2.13. The molecule has 0 saturated carbocycles. The summed E-state index contributed by atoms with van der Waals surface area (Å²) in [4.78, 5) is 0. The molecule has 0 aromatic heterocycles. The molecule has 0 heterocycles. The van der Waals surface area contributed by atoms with Gasteiger partial charge in [-0.15, -0.1) is 0 Å². The fourth-order valence-electron chi connectivity index (χ4n) is 2.59. The first-order valence-electron chi connectivity index (χ1n) is 8.20. The third-order valence-corrected chi connectivity index (χ3v) is 4.12. The van der Waals surface area contributed by atoms with Crippen molar-refractivity contribution in [3.63, 3.8) is 0 Å². The van der Waals surface area contributed by atoms with Gasteiger partial charge in [-0.3, -0.25) is 0 Å². The van der Waals surface area contributed by atoms with E-state index < -0.39 is 6.10 Å². The minimum absolute atomic E-state index is 0.461. The number of aliphatic hydroxyl groups is 1. The van der Waals surface area contributed by atoms with E-state index >= 15 is 0 Å². The lowest BCUT2D eigenvalue weighted by Gasteiger charge is -2.15. The Labute approximate surface area is 134 Å². The molecule has 1 atom stereocenters. The number of aliphatic hydroxyl groups excluding tert-OH is 1. The van der Waals surface area contributed by atoms with Crippen LogP contribution in [0.1, 0.15) is 76.4 Å². The monoisotopic (exact) mass is 312 g/mol. The summed E-state index contributed by atoms with van der Waals surface area (Å²) >= 11 is 5.94. The van der Waals surface area contributed by atoms with Crippen molar-refractivity contribution < 1.29 is 9.84 Å². The Kier molecular flexibility index (Phi) is 9.53. The van der Waals surface area contributed by atoms with Crippen molar-refractivity contribution in [3.05, 3.63) is 28.8 Å². The van der Waals surface area contributed by atoms with Crippen LogP contribution in [0.2, 0.25) is 5.02 Å². The molecule has 1 aromatic carbocycles. The molecule has 120 valence electrons. The lowest BCUT2D eigenvalue weighted by Crippen LogP contribution is -2.00. The maximum Gasteiger partial charge on any atom is 0.126 e. The Morgan fingerprint density at radius 1 is 1.05 bits per heavy atom. The molecule has 1 rings (SSSR count).